The maximum atomic E-state index is 12.4. The quantitative estimate of drug-likeness (QED) is 0.293. The number of carboxylic acids is 1. The summed E-state index contributed by atoms with van der Waals surface area (Å²) in [5, 5.41) is 42.3. The van der Waals surface area contributed by atoms with E-state index in [4.69, 9.17) is 5.11 Å². The van der Waals surface area contributed by atoms with Gasteiger partial charge in [0.1, 0.15) is 18.2 Å². The van der Waals surface area contributed by atoms with Crippen molar-refractivity contribution in [1.82, 2.24) is 5.32 Å². The van der Waals surface area contributed by atoms with Crippen molar-refractivity contribution in [2.75, 3.05) is 12.4 Å². The molecule has 0 bridgehead atoms. The fraction of sp³-hybridized carbons (Fsp3) is 0.769. The number of Topliss-reactive ketones (excluding diaryl/α,β-unsaturated/α-hetero) is 1. The van der Waals surface area contributed by atoms with Crippen molar-refractivity contribution >= 4 is 36.1 Å². The number of aliphatic hydroxyl groups excluding tert-OH is 2. The molecule has 0 heterocycles. The van der Waals surface area contributed by atoms with E-state index in [1.165, 1.54) is 12.5 Å². The van der Waals surface area contributed by atoms with Crippen LogP contribution in [0.2, 0.25) is 0 Å². The van der Waals surface area contributed by atoms with E-state index in [1.54, 1.807) is 6.08 Å². The number of carbonyl (C=O) groups excluding carboxylic acids is 3. The number of aliphatic carboxylic acids is 1. The van der Waals surface area contributed by atoms with Gasteiger partial charge in [-0.3, -0.25) is 14.4 Å². The number of carbonyl (C=O) groups is 4. The van der Waals surface area contributed by atoms with Gasteiger partial charge in [0.05, 0.1) is 6.10 Å². The van der Waals surface area contributed by atoms with E-state index in [9.17, 15) is 34.5 Å². The van der Waals surface area contributed by atoms with Crippen LogP contribution in [-0.4, -0.2) is 74.0 Å². The second-order valence-corrected chi connectivity index (χ2v) is 11.7. The van der Waals surface area contributed by atoms with Crippen LogP contribution in [0.25, 0.3) is 0 Å². The molecule has 3 fully saturated rings. The molecule has 0 spiro atoms. The largest absolute Gasteiger partial charge is 0.480 e. The third kappa shape index (κ3) is 4.77. The molecule has 3 saturated carbocycles. The lowest BCUT2D eigenvalue weighted by Crippen LogP contribution is -2.62. The predicted molar refractivity (Wildman–Crippen MR) is 134 cm³/mol. The summed E-state index contributed by atoms with van der Waals surface area (Å²) in [5.41, 5.74) is -1.23. The van der Waals surface area contributed by atoms with Crippen molar-refractivity contribution in [2.45, 2.75) is 83.5 Å². The molecule has 0 aromatic carbocycles. The van der Waals surface area contributed by atoms with E-state index in [2.05, 4.69) is 24.9 Å². The molecule has 0 radical (unpaired) electrons. The van der Waals surface area contributed by atoms with E-state index < -0.39 is 41.5 Å². The zero-order chi connectivity index (χ0) is 27.1. The van der Waals surface area contributed by atoms with Gasteiger partial charge in [0.2, 0.25) is 5.91 Å². The zero-order valence-electron chi connectivity index (χ0n) is 21.2. The number of nitrogens with one attached hydrogen (secondary N) is 1. The lowest BCUT2D eigenvalue weighted by Gasteiger charge is -2.60. The maximum Gasteiger partial charge on any atom is 0.327 e. The molecule has 0 saturated heterocycles. The van der Waals surface area contributed by atoms with Crippen molar-refractivity contribution in [3.8, 4) is 0 Å². The molecule has 10 heteroatoms. The van der Waals surface area contributed by atoms with Crippen molar-refractivity contribution in [2.24, 2.45) is 28.6 Å². The Morgan fingerprint density at radius 3 is 2.39 bits per heavy atom. The van der Waals surface area contributed by atoms with Gasteiger partial charge in [-0.05, 0) is 67.8 Å². The van der Waals surface area contributed by atoms with Crippen LogP contribution in [0, 0.1) is 28.6 Å². The Labute approximate surface area is 217 Å². The number of carboxylic acid groups (broad SMARTS) is 1. The average molecular weight is 526 g/mol. The summed E-state index contributed by atoms with van der Waals surface area (Å²) >= 11 is 3.73. The van der Waals surface area contributed by atoms with E-state index in [1.807, 2.05) is 6.92 Å². The first-order valence-electron chi connectivity index (χ1n) is 12.6. The molecule has 9 nitrogen and oxygen atoms in total. The SMILES string of the molecule is CC(=O)NC(CS)C(=O)O.C[C@]12CCC(=O)C=C1CCC1C2[C@@H](O)C[C@@]2(C)C1CC[C@]2(O)C(=O)CO. The topological polar surface area (TPSA) is 161 Å². The summed E-state index contributed by atoms with van der Waals surface area (Å²) in [5.74, 6) is -1.18. The van der Waals surface area contributed by atoms with Crippen LogP contribution in [-0.2, 0) is 19.2 Å². The van der Waals surface area contributed by atoms with Gasteiger partial charge in [0.15, 0.2) is 11.6 Å². The third-order valence-electron chi connectivity index (χ3n) is 9.51. The normalized spacial score (nSPS) is 39.9. The summed E-state index contributed by atoms with van der Waals surface area (Å²) in [6, 6.07) is -0.874. The highest BCUT2D eigenvalue weighted by molar-refractivity contribution is 7.80. The Morgan fingerprint density at radius 1 is 1.19 bits per heavy atom. The zero-order valence-corrected chi connectivity index (χ0v) is 22.1. The second-order valence-electron chi connectivity index (χ2n) is 11.3. The number of ketones is 2. The minimum absolute atomic E-state index is 0.0697. The van der Waals surface area contributed by atoms with Gasteiger partial charge < -0.3 is 25.7 Å². The number of allylic oxidation sites excluding steroid dienone is 1. The Kier molecular flexibility index (Phi) is 8.45. The Balaban J connectivity index is 0.000000308. The van der Waals surface area contributed by atoms with Crippen LogP contribution in [0.15, 0.2) is 11.6 Å². The number of aliphatic hydroxyl groups is 3. The van der Waals surface area contributed by atoms with E-state index >= 15 is 0 Å². The molecule has 0 aromatic heterocycles. The number of amides is 1. The maximum absolute atomic E-state index is 12.4. The van der Waals surface area contributed by atoms with Gasteiger partial charge >= 0.3 is 5.97 Å². The summed E-state index contributed by atoms with van der Waals surface area (Å²) < 4.78 is 0. The van der Waals surface area contributed by atoms with Gasteiger partial charge in [-0.1, -0.05) is 19.4 Å². The number of hydrogen-bond acceptors (Lipinski definition) is 8. The van der Waals surface area contributed by atoms with Gasteiger partial charge in [0.25, 0.3) is 0 Å². The fourth-order valence-corrected chi connectivity index (χ4v) is 7.96. The minimum Gasteiger partial charge on any atom is -0.480 e. The predicted octanol–water partition coefficient (Wildman–Crippen LogP) is 1.29. The van der Waals surface area contributed by atoms with Crippen LogP contribution in [0.1, 0.15) is 65.7 Å². The van der Waals surface area contributed by atoms with Gasteiger partial charge in [-0.2, -0.15) is 12.6 Å². The monoisotopic (exact) mass is 525 g/mol. The van der Waals surface area contributed by atoms with Crippen LogP contribution >= 0.6 is 12.6 Å². The molecule has 202 valence electrons. The molecule has 1 amide bonds. The van der Waals surface area contributed by atoms with E-state index in [0.29, 0.717) is 19.3 Å². The lowest BCUT2D eigenvalue weighted by molar-refractivity contribution is -0.182. The summed E-state index contributed by atoms with van der Waals surface area (Å²) in [4.78, 5) is 44.8. The highest BCUT2D eigenvalue weighted by atomic mass is 32.1. The van der Waals surface area contributed by atoms with Crippen molar-refractivity contribution in [3.05, 3.63) is 11.6 Å². The molecule has 4 aliphatic rings. The summed E-state index contributed by atoms with van der Waals surface area (Å²) in [6.45, 7) is 4.72. The van der Waals surface area contributed by atoms with Crippen LogP contribution < -0.4 is 5.32 Å². The Hall–Kier alpha value is -1.75. The first-order valence-corrected chi connectivity index (χ1v) is 13.3. The highest BCUT2D eigenvalue weighted by Gasteiger charge is 2.68. The molecule has 36 heavy (non-hydrogen) atoms. The van der Waals surface area contributed by atoms with Gasteiger partial charge in [-0.25, -0.2) is 4.79 Å². The third-order valence-corrected chi connectivity index (χ3v) is 9.88. The molecular weight excluding hydrogens is 486 g/mol. The molecule has 0 aliphatic heterocycles. The van der Waals surface area contributed by atoms with Crippen molar-refractivity contribution in [1.29, 1.82) is 0 Å². The number of hydrogen-bond donors (Lipinski definition) is 6. The Bertz CT molecular complexity index is 952. The first kappa shape index (κ1) is 28.8. The van der Waals surface area contributed by atoms with Gasteiger partial charge in [-0.15, -0.1) is 0 Å². The molecule has 0 aromatic rings. The minimum atomic E-state index is -1.54. The molecule has 4 aliphatic carbocycles. The fourth-order valence-electron chi connectivity index (χ4n) is 7.71. The molecule has 4 unspecified atom stereocenters. The summed E-state index contributed by atoms with van der Waals surface area (Å²) in [7, 11) is 0. The highest BCUT2D eigenvalue weighted by Crippen LogP contribution is 2.67. The van der Waals surface area contributed by atoms with Gasteiger partial charge in [0, 0.05) is 24.5 Å². The Morgan fingerprint density at radius 2 is 1.86 bits per heavy atom. The van der Waals surface area contributed by atoms with Crippen LogP contribution in [0.4, 0.5) is 0 Å². The number of rotatable bonds is 5. The summed E-state index contributed by atoms with van der Waals surface area (Å²) in [6.07, 6.45) is 5.74. The number of thiol groups is 1. The van der Waals surface area contributed by atoms with Crippen LogP contribution in [0.3, 0.4) is 0 Å². The molecular formula is C26H39NO8S. The second kappa shape index (κ2) is 10.6. The molecule has 5 N–H and O–H groups in total. The number of fused-ring (bicyclic) bond motifs is 5. The molecule has 4 rings (SSSR count). The lowest BCUT2D eigenvalue weighted by atomic mass is 9.45. The van der Waals surface area contributed by atoms with Crippen LogP contribution in [0.5, 0.6) is 0 Å². The van der Waals surface area contributed by atoms with E-state index in [0.717, 1.165) is 25.7 Å². The first-order chi connectivity index (χ1) is 16.7. The van der Waals surface area contributed by atoms with Crippen molar-refractivity contribution in [3.63, 3.8) is 0 Å². The van der Waals surface area contributed by atoms with E-state index in [-0.39, 0.29) is 40.6 Å². The average Bonchev–Trinajstić information content (AvgIpc) is 3.08. The smallest absolute Gasteiger partial charge is 0.327 e. The molecule has 8 atom stereocenters. The van der Waals surface area contributed by atoms with Crippen molar-refractivity contribution < 1.29 is 39.6 Å². The standard InChI is InChI=1S/C21H30O5.C5H9NO3S/c1-19-7-5-13(23)9-12(19)3-4-14-15-6-8-21(26,17(25)11-22)20(15,2)10-16(24)18(14)19;1-3(7)6-4(2-10)5(8)9/h9,14-16,18,22,24,26H,3-8,10-11H2,1-2H3;4,10H,2H2,1H3,(H,6,7)(H,8,9)/t14?,15?,16-,18?,19-,20-,21-;/m0./s1.